The molecule has 84 valence electrons. The van der Waals surface area contributed by atoms with Crippen LogP contribution < -0.4 is 0 Å². The Hall–Kier alpha value is -1.39. The molecule has 2 aromatic rings. The van der Waals surface area contributed by atoms with Gasteiger partial charge in [-0.15, -0.1) is 0 Å². The molecule has 0 atom stereocenters. The largest absolute Gasteiger partial charge is 0.392 e. The van der Waals surface area contributed by atoms with Crippen molar-refractivity contribution in [3.05, 3.63) is 46.5 Å². The minimum atomic E-state index is -0.439. The number of aliphatic hydroxyl groups is 1. The first-order valence-corrected chi connectivity index (χ1v) is 5.11. The third kappa shape index (κ3) is 1.81. The quantitative estimate of drug-likeness (QED) is 0.876. The Morgan fingerprint density at radius 1 is 1.50 bits per heavy atom. The number of para-hydroxylation sites is 1. The Labute approximate surface area is 97.1 Å². The van der Waals surface area contributed by atoms with Gasteiger partial charge in [0.25, 0.3) is 0 Å². The van der Waals surface area contributed by atoms with E-state index in [0.717, 1.165) is 0 Å². The van der Waals surface area contributed by atoms with Gasteiger partial charge in [0.15, 0.2) is 0 Å². The topological polar surface area (TPSA) is 38.0 Å². The monoisotopic (exact) mass is 240 g/mol. The fourth-order valence-electron chi connectivity index (χ4n) is 1.50. The minimum absolute atomic E-state index is 0.236. The van der Waals surface area contributed by atoms with E-state index < -0.39 is 5.82 Å². The molecule has 0 saturated carbocycles. The minimum Gasteiger partial charge on any atom is -0.392 e. The summed E-state index contributed by atoms with van der Waals surface area (Å²) in [6, 6.07) is 4.51. The molecule has 16 heavy (non-hydrogen) atoms. The smallest absolute Gasteiger partial charge is 0.149 e. The molecule has 0 amide bonds. The Kier molecular flexibility index (Phi) is 2.94. The maximum absolute atomic E-state index is 13.6. The lowest BCUT2D eigenvalue weighted by Crippen LogP contribution is -2.03. The highest BCUT2D eigenvalue weighted by Gasteiger charge is 2.12. The van der Waals surface area contributed by atoms with Crippen LogP contribution in [0.15, 0.2) is 24.4 Å². The molecule has 1 heterocycles. The molecule has 0 saturated heterocycles. The fraction of sp³-hybridized carbons (Fsp3) is 0.182. The molecular weight excluding hydrogens is 231 g/mol. The molecule has 0 unspecified atom stereocenters. The zero-order valence-corrected chi connectivity index (χ0v) is 9.37. The van der Waals surface area contributed by atoms with Crippen molar-refractivity contribution in [1.29, 1.82) is 0 Å². The van der Waals surface area contributed by atoms with Crippen molar-refractivity contribution in [2.75, 3.05) is 0 Å². The zero-order chi connectivity index (χ0) is 11.7. The van der Waals surface area contributed by atoms with Crippen molar-refractivity contribution >= 4 is 11.6 Å². The molecule has 5 heteroatoms. The number of aryl methyl sites for hydroxylation is 1. The predicted molar refractivity (Wildman–Crippen MR) is 59.2 cm³/mol. The van der Waals surface area contributed by atoms with Crippen LogP contribution in [0.2, 0.25) is 5.02 Å². The molecule has 1 aromatic carbocycles. The number of halogens is 2. The molecule has 0 aliphatic heterocycles. The van der Waals surface area contributed by atoms with Gasteiger partial charge >= 0.3 is 0 Å². The lowest BCUT2D eigenvalue weighted by Gasteiger charge is -2.07. The molecular formula is C11H10ClFN2O. The summed E-state index contributed by atoms with van der Waals surface area (Å²) in [5, 5.41) is 13.7. The number of hydrogen-bond acceptors (Lipinski definition) is 2. The van der Waals surface area contributed by atoms with Gasteiger partial charge in [0, 0.05) is 11.8 Å². The molecule has 3 nitrogen and oxygen atoms in total. The molecule has 0 radical (unpaired) electrons. The van der Waals surface area contributed by atoms with Crippen LogP contribution in [-0.4, -0.2) is 14.9 Å². The van der Waals surface area contributed by atoms with Crippen molar-refractivity contribution in [3.63, 3.8) is 0 Å². The maximum Gasteiger partial charge on any atom is 0.149 e. The average Bonchev–Trinajstić information content (AvgIpc) is 2.58. The van der Waals surface area contributed by atoms with Gasteiger partial charge in [-0.3, -0.25) is 0 Å². The Morgan fingerprint density at radius 3 is 2.81 bits per heavy atom. The lowest BCUT2D eigenvalue weighted by atomic mass is 10.2. The molecule has 2 rings (SSSR count). The summed E-state index contributed by atoms with van der Waals surface area (Å²) in [6.45, 7) is 1.49. The number of rotatable bonds is 2. The van der Waals surface area contributed by atoms with E-state index in [1.165, 1.54) is 16.9 Å². The number of benzene rings is 1. The van der Waals surface area contributed by atoms with E-state index in [1.807, 2.05) is 0 Å². The highest BCUT2D eigenvalue weighted by atomic mass is 35.5. The number of nitrogens with zero attached hydrogens (tertiary/aromatic N) is 2. The Bertz CT molecular complexity index is 505. The highest BCUT2D eigenvalue weighted by molar-refractivity contribution is 6.31. The van der Waals surface area contributed by atoms with Crippen LogP contribution in [0.5, 0.6) is 0 Å². The summed E-state index contributed by atoms with van der Waals surface area (Å²) in [6.07, 6.45) is 1.52. The standard InChI is InChI=1S/C11H10ClFN2O/c1-7-9(12)5-15(14-7)11-8(6-16)3-2-4-10(11)13/h2-5,16H,6H2,1H3. The lowest BCUT2D eigenvalue weighted by molar-refractivity contribution is 0.280. The molecule has 0 aliphatic rings. The van der Waals surface area contributed by atoms with E-state index in [-0.39, 0.29) is 12.3 Å². The molecule has 0 fully saturated rings. The normalized spacial score (nSPS) is 10.8. The van der Waals surface area contributed by atoms with Crippen LogP contribution in [-0.2, 0) is 6.61 Å². The highest BCUT2D eigenvalue weighted by Crippen LogP contribution is 2.21. The molecule has 0 bridgehead atoms. The number of hydrogen-bond donors (Lipinski definition) is 1. The molecule has 1 aromatic heterocycles. The van der Waals surface area contributed by atoms with E-state index in [9.17, 15) is 4.39 Å². The molecule has 0 aliphatic carbocycles. The van der Waals surface area contributed by atoms with Gasteiger partial charge in [0.05, 0.1) is 17.3 Å². The SMILES string of the molecule is Cc1nn(-c2c(F)cccc2CO)cc1Cl. The second kappa shape index (κ2) is 4.23. The third-order valence-corrected chi connectivity index (χ3v) is 2.68. The third-order valence-electron chi connectivity index (χ3n) is 2.31. The van der Waals surface area contributed by atoms with Gasteiger partial charge in [-0.25, -0.2) is 9.07 Å². The zero-order valence-electron chi connectivity index (χ0n) is 8.61. The van der Waals surface area contributed by atoms with E-state index in [2.05, 4.69) is 5.10 Å². The van der Waals surface area contributed by atoms with Gasteiger partial charge in [-0.2, -0.15) is 5.10 Å². The second-order valence-electron chi connectivity index (χ2n) is 3.41. The van der Waals surface area contributed by atoms with Gasteiger partial charge < -0.3 is 5.11 Å². The summed E-state index contributed by atoms with van der Waals surface area (Å²) < 4.78 is 15.0. The van der Waals surface area contributed by atoms with E-state index in [4.69, 9.17) is 16.7 Å². The first-order valence-electron chi connectivity index (χ1n) is 4.74. The Morgan fingerprint density at radius 2 is 2.25 bits per heavy atom. The van der Waals surface area contributed by atoms with Crippen LogP contribution >= 0.6 is 11.6 Å². The van der Waals surface area contributed by atoms with Gasteiger partial charge in [0.2, 0.25) is 0 Å². The van der Waals surface area contributed by atoms with E-state index in [1.54, 1.807) is 19.1 Å². The van der Waals surface area contributed by atoms with Crippen molar-refractivity contribution in [1.82, 2.24) is 9.78 Å². The van der Waals surface area contributed by atoms with Crippen molar-refractivity contribution in [3.8, 4) is 5.69 Å². The summed E-state index contributed by atoms with van der Waals surface area (Å²) in [5.41, 5.74) is 1.33. The second-order valence-corrected chi connectivity index (χ2v) is 3.82. The van der Waals surface area contributed by atoms with Crippen LogP contribution in [0.3, 0.4) is 0 Å². The molecule has 0 spiro atoms. The fourth-order valence-corrected chi connectivity index (χ4v) is 1.63. The maximum atomic E-state index is 13.6. The van der Waals surface area contributed by atoms with Gasteiger partial charge in [0.1, 0.15) is 11.5 Å². The summed E-state index contributed by atoms with van der Waals surface area (Å²) in [7, 11) is 0. The van der Waals surface area contributed by atoms with Crippen LogP contribution in [0, 0.1) is 12.7 Å². The van der Waals surface area contributed by atoms with Crippen molar-refractivity contribution in [2.24, 2.45) is 0 Å². The van der Waals surface area contributed by atoms with E-state index >= 15 is 0 Å². The average molecular weight is 241 g/mol. The molecule has 1 N–H and O–H groups in total. The Balaban J connectivity index is 2.62. The summed E-state index contributed by atoms with van der Waals surface area (Å²) in [4.78, 5) is 0. The van der Waals surface area contributed by atoms with Crippen LogP contribution in [0.4, 0.5) is 4.39 Å². The number of aliphatic hydroxyl groups excluding tert-OH is 1. The van der Waals surface area contributed by atoms with Crippen molar-refractivity contribution < 1.29 is 9.50 Å². The van der Waals surface area contributed by atoms with Crippen LogP contribution in [0.25, 0.3) is 5.69 Å². The summed E-state index contributed by atoms with van der Waals surface area (Å²) in [5.74, 6) is -0.439. The van der Waals surface area contributed by atoms with Gasteiger partial charge in [-0.1, -0.05) is 23.7 Å². The predicted octanol–water partition coefficient (Wildman–Crippen LogP) is 2.47. The summed E-state index contributed by atoms with van der Waals surface area (Å²) >= 11 is 5.86. The van der Waals surface area contributed by atoms with Crippen molar-refractivity contribution in [2.45, 2.75) is 13.5 Å². The number of aromatic nitrogens is 2. The van der Waals surface area contributed by atoms with E-state index in [0.29, 0.717) is 16.3 Å². The van der Waals surface area contributed by atoms with Gasteiger partial charge in [-0.05, 0) is 13.0 Å². The first kappa shape index (κ1) is 11.1. The first-order chi connectivity index (χ1) is 7.63. The van der Waals surface area contributed by atoms with Crippen LogP contribution in [0.1, 0.15) is 11.3 Å².